The predicted molar refractivity (Wildman–Crippen MR) is 163 cm³/mol. The van der Waals surface area contributed by atoms with Crippen LogP contribution in [0.3, 0.4) is 0 Å². The molecule has 208 valence electrons. The van der Waals surface area contributed by atoms with E-state index in [-0.39, 0.29) is 16.3 Å². The third kappa shape index (κ3) is 6.90. The highest BCUT2D eigenvalue weighted by molar-refractivity contribution is 7.99. The van der Waals surface area contributed by atoms with E-state index in [9.17, 15) is 14.4 Å². The van der Waals surface area contributed by atoms with E-state index in [0.29, 0.717) is 24.3 Å². The first kappa shape index (κ1) is 28.7. The van der Waals surface area contributed by atoms with Crippen LogP contribution >= 0.6 is 23.5 Å². The van der Waals surface area contributed by atoms with Gasteiger partial charge >= 0.3 is 0 Å². The van der Waals surface area contributed by atoms with Gasteiger partial charge < -0.3 is 16.2 Å². The van der Waals surface area contributed by atoms with Crippen molar-refractivity contribution >= 4 is 41.1 Å². The van der Waals surface area contributed by atoms with Crippen molar-refractivity contribution in [3.63, 3.8) is 0 Å². The molecule has 8 heteroatoms. The lowest BCUT2D eigenvalue weighted by Crippen LogP contribution is -2.41. The van der Waals surface area contributed by atoms with Crippen LogP contribution in [0.4, 0.5) is 0 Å². The van der Waals surface area contributed by atoms with E-state index in [1.807, 2.05) is 84.9 Å². The molecule has 4 aromatic carbocycles. The molecule has 1 saturated heterocycles. The van der Waals surface area contributed by atoms with Gasteiger partial charge in [0.05, 0.1) is 25.0 Å². The van der Waals surface area contributed by atoms with Gasteiger partial charge in [0.1, 0.15) is 5.78 Å². The Morgan fingerprint density at radius 2 is 0.976 bits per heavy atom. The molecule has 0 saturated carbocycles. The summed E-state index contributed by atoms with van der Waals surface area (Å²) in [6, 6.07) is 34.2. The Bertz CT molecular complexity index is 1380. The fourth-order valence-corrected chi connectivity index (χ4v) is 7.52. The SMILES string of the molecule is NC(=O)c1ccc(C(Sc2ccccc2)C2COCC(C(Sc3ccccc3)c3ccc(C(N)=O)cc3)C2=O)cc1. The summed E-state index contributed by atoms with van der Waals surface area (Å²) in [5.41, 5.74) is 13.6. The second-order valence-electron chi connectivity index (χ2n) is 9.83. The zero-order valence-corrected chi connectivity index (χ0v) is 23.9. The number of ether oxygens (including phenoxy) is 1. The van der Waals surface area contributed by atoms with E-state index in [2.05, 4.69) is 0 Å². The molecule has 1 aliphatic heterocycles. The van der Waals surface area contributed by atoms with Crippen molar-refractivity contribution < 1.29 is 19.1 Å². The largest absolute Gasteiger partial charge is 0.380 e. The topological polar surface area (TPSA) is 112 Å². The molecule has 4 unspecified atom stereocenters. The van der Waals surface area contributed by atoms with Gasteiger partial charge in [-0.3, -0.25) is 14.4 Å². The summed E-state index contributed by atoms with van der Waals surface area (Å²) in [7, 11) is 0. The lowest BCUT2D eigenvalue weighted by molar-refractivity contribution is -0.137. The Morgan fingerprint density at radius 1 is 0.610 bits per heavy atom. The molecule has 41 heavy (non-hydrogen) atoms. The molecule has 1 heterocycles. The van der Waals surface area contributed by atoms with E-state index in [4.69, 9.17) is 16.2 Å². The van der Waals surface area contributed by atoms with Crippen molar-refractivity contribution in [2.24, 2.45) is 23.3 Å². The van der Waals surface area contributed by atoms with Crippen LogP contribution in [-0.4, -0.2) is 30.8 Å². The molecule has 0 bridgehead atoms. The summed E-state index contributed by atoms with van der Waals surface area (Å²) in [6.45, 7) is 0.585. The van der Waals surface area contributed by atoms with Gasteiger partial charge in [0.25, 0.3) is 0 Å². The van der Waals surface area contributed by atoms with Gasteiger partial charge in [-0.05, 0) is 59.7 Å². The average molecular weight is 583 g/mol. The first-order valence-electron chi connectivity index (χ1n) is 13.2. The molecule has 4 N–H and O–H groups in total. The molecular formula is C33H30N2O4S2. The summed E-state index contributed by atoms with van der Waals surface area (Å²) >= 11 is 3.22. The Balaban J connectivity index is 1.50. The van der Waals surface area contributed by atoms with Gasteiger partial charge in [-0.15, -0.1) is 23.5 Å². The van der Waals surface area contributed by atoms with Gasteiger partial charge in [-0.2, -0.15) is 0 Å². The quantitative estimate of drug-likeness (QED) is 0.219. The predicted octanol–water partition coefficient (Wildman–Crippen LogP) is 6.08. The highest BCUT2D eigenvalue weighted by Crippen LogP contribution is 2.48. The molecule has 6 nitrogen and oxygen atoms in total. The van der Waals surface area contributed by atoms with Crippen LogP contribution < -0.4 is 11.5 Å². The van der Waals surface area contributed by atoms with Crippen LogP contribution in [0.2, 0.25) is 0 Å². The molecule has 4 aromatic rings. The van der Waals surface area contributed by atoms with Gasteiger partial charge in [-0.1, -0.05) is 60.7 Å². The molecule has 1 fully saturated rings. The van der Waals surface area contributed by atoms with Crippen molar-refractivity contribution in [2.75, 3.05) is 13.2 Å². The van der Waals surface area contributed by atoms with Crippen LogP contribution in [0, 0.1) is 11.8 Å². The normalized spacial score (nSPS) is 18.4. The summed E-state index contributed by atoms with van der Waals surface area (Å²) in [6.07, 6.45) is 0. The van der Waals surface area contributed by atoms with Gasteiger partial charge in [0, 0.05) is 31.4 Å². The molecule has 0 aliphatic carbocycles. The minimum Gasteiger partial charge on any atom is -0.380 e. The first-order valence-corrected chi connectivity index (χ1v) is 15.0. The zero-order valence-electron chi connectivity index (χ0n) is 22.2. The molecule has 0 aromatic heterocycles. The number of rotatable bonds is 10. The van der Waals surface area contributed by atoms with Crippen molar-refractivity contribution in [2.45, 2.75) is 20.3 Å². The number of carbonyl (C=O) groups is 3. The summed E-state index contributed by atoms with van der Waals surface area (Å²) in [5, 5.41) is -0.483. The van der Waals surface area contributed by atoms with Gasteiger partial charge in [0.2, 0.25) is 11.8 Å². The number of thioether (sulfide) groups is 2. The number of primary amides is 2. The minimum absolute atomic E-state index is 0.121. The van der Waals surface area contributed by atoms with E-state index in [1.54, 1.807) is 47.8 Å². The van der Waals surface area contributed by atoms with Crippen molar-refractivity contribution in [1.29, 1.82) is 0 Å². The molecule has 4 atom stereocenters. The number of benzene rings is 4. The van der Waals surface area contributed by atoms with E-state index in [1.165, 1.54) is 0 Å². The zero-order chi connectivity index (χ0) is 28.8. The number of nitrogens with two attached hydrogens (primary N) is 2. The Labute approximate surface area is 247 Å². The van der Waals surface area contributed by atoms with Crippen molar-refractivity contribution in [3.8, 4) is 0 Å². The van der Waals surface area contributed by atoms with E-state index < -0.39 is 23.7 Å². The van der Waals surface area contributed by atoms with Gasteiger partial charge in [0.15, 0.2) is 0 Å². The lowest BCUT2D eigenvalue weighted by atomic mass is 9.83. The minimum atomic E-state index is -0.496. The van der Waals surface area contributed by atoms with Crippen molar-refractivity contribution in [3.05, 3.63) is 131 Å². The third-order valence-electron chi connectivity index (χ3n) is 7.12. The number of carbonyl (C=O) groups excluding carboxylic acids is 3. The number of hydrogen-bond donors (Lipinski definition) is 2. The van der Waals surface area contributed by atoms with Gasteiger partial charge in [-0.25, -0.2) is 0 Å². The van der Waals surface area contributed by atoms with Crippen molar-refractivity contribution in [1.82, 2.24) is 0 Å². The highest BCUT2D eigenvalue weighted by atomic mass is 32.2. The third-order valence-corrected chi connectivity index (χ3v) is 9.91. The standard InChI is InChI=1S/C33H30N2O4S2/c34-32(37)23-15-11-21(12-16-23)30(40-25-7-3-1-4-8-25)27-19-39-20-28(29(27)36)31(41-26-9-5-2-6-10-26)22-13-17-24(18-14-22)33(35)38/h1-18,27-28,30-31H,19-20H2,(H2,34,37)(H2,35,38). The Kier molecular flexibility index (Phi) is 9.24. The lowest BCUT2D eigenvalue weighted by Gasteiger charge is -2.36. The van der Waals surface area contributed by atoms with E-state index in [0.717, 1.165) is 20.9 Å². The Morgan fingerprint density at radius 3 is 1.32 bits per heavy atom. The maximum Gasteiger partial charge on any atom is 0.248 e. The van der Waals surface area contributed by atoms with Crippen LogP contribution in [0.5, 0.6) is 0 Å². The van der Waals surface area contributed by atoms with Crippen LogP contribution in [-0.2, 0) is 9.53 Å². The van der Waals surface area contributed by atoms with E-state index >= 15 is 0 Å². The number of hydrogen-bond acceptors (Lipinski definition) is 6. The molecular weight excluding hydrogens is 553 g/mol. The maximum absolute atomic E-state index is 14.4. The second kappa shape index (κ2) is 13.2. The second-order valence-corrected chi connectivity index (χ2v) is 12.3. The monoisotopic (exact) mass is 582 g/mol. The summed E-state index contributed by atoms with van der Waals surface area (Å²) in [5.74, 6) is -1.73. The average Bonchev–Trinajstić information content (AvgIpc) is 3.00. The number of Topliss-reactive ketones (excluding diaryl/α,β-unsaturated/α-hetero) is 1. The molecule has 1 aliphatic rings. The van der Waals surface area contributed by atoms with Crippen LogP contribution in [0.25, 0.3) is 0 Å². The maximum atomic E-state index is 14.4. The smallest absolute Gasteiger partial charge is 0.248 e. The van der Waals surface area contributed by atoms with Crippen LogP contribution in [0.1, 0.15) is 42.3 Å². The van der Waals surface area contributed by atoms with Crippen LogP contribution in [0.15, 0.2) is 119 Å². The Hall–Kier alpha value is -3.85. The molecule has 0 radical (unpaired) electrons. The molecule has 5 rings (SSSR count). The summed E-state index contributed by atoms with van der Waals surface area (Å²) in [4.78, 5) is 39.9. The number of amides is 2. The highest BCUT2D eigenvalue weighted by Gasteiger charge is 2.42. The molecule has 2 amide bonds. The number of ketones is 1. The first-order chi connectivity index (χ1) is 19.9. The fourth-order valence-electron chi connectivity index (χ4n) is 4.96. The molecule has 0 spiro atoms. The fraction of sp³-hybridized carbons (Fsp3) is 0.182. The summed E-state index contributed by atoms with van der Waals surface area (Å²) < 4.78 is 6.17.